The van der Waals surface area contributed by atoms with E-state index in [1.807, 2.05) is 6.07 Å². The third-order valence-corrected chi connectivity index (χ3v) is 2.57. The SMILES string of the molecule is N#C/C(=C/c1ccc([N+](=O)[O-])o1)c1cccc([N+](=O)[O-])c1. The number of allylic oxidation sites excluding steroid dienone is 1. The molecule has 0 aliphatic rings. The molecule has 0 aliphatic heterocycles. The normalized spacial score (nSPS) is 10.9. The van der Waals surface area contributed by atoms with Crippen LogP contribution in [0.15, 0.2) is 40.8 Å². The van der Waals surface area contributed by atoms with Crippen molar-refractivity contribution in [3.8, 4) is 6.07 Å². The molecule has 0 saturated heterocycles. The van der Waals surface area contributed by atoms with Crippen LogP contribution in [0.25, 0.3) is 11.6 Å². The van der Waals surface area contributed by atoms with E-state index in [1.165, 1.54) is 36.4 Å². The summed E-state index contributed by atoms with van der Waals surface area (Å²) in [6.07, 6.45) is 1.28. The summed E-state index contributed by atoms with van der Waals surface area (Å²) in [4.78, 5) is 19.9. The van der Waals surface area contributed by atoms with Gasteiger partial charge in [-0.3, -0.25) is 20.2 Å². The lowest BCUT2D eigenvalue weighted by molar-refractivity contribution is -0.402. The summed E-state index contributed by atoms with van der Waals surface area (Å²) in [5, 5.41) is 30.3. The summed E-state index contributed by atoms with van der Waals surface area (Å²) in [7, 11) is 0. The van der Waals surface area contributed by atoms with Crippen LogP contribution in [-0.2, 0) is 0 Å². The van der Waals surface area contributed by atoms with E-state index < -0.39 is 15.7 Å². The Labute approximate surface area is 117 Å². The van der Waals surface area contributed by atoms with Crippen LogP contribution in [0.1, 0.15) is 11.3 Å². The molecule has 0 aliphatic carbocycles. The van der Waals surface area contributed by atoms with Crippen LogP contribution in [0.4, 0.5) is 11.6 Å². The lowest BCUT2D eigenvalue weighted by atomic mass is 10.1. The monoisotopic (exact) mass is 285 g/mol. The molecule has 1 heterocycles. The Kier molecular flexibility index (Phi) is 3.76. The molecule has 8 nitrogen and oxygen atoms in total. The molecule has 0 saturated carbocycles. The third kappa shape index (κ3) is 3.10. The molecule has 0 bridgehead atoms. The van der Waals surface area contributed by atoms with Gasteiger partial charge < -0.3 is 4.42 Å². The second-order valence-corrected chi connectivity index (χ2v) is 3.91. The Morgan fingerprint density at radius 1 is 1.19 bits per heavy atom. The number of nitriles is 1. The minimum Gasteiger partial charge on any atom is -0.401 e. The van der Waals surface area contributed by atoms with E-state index in [1.54, 1.807) is 0 Å². The smallest absolute Gasteiger partial charge is 0.401 e. The van der Waals surface area contributed by atoms with Gasteiger partial charge in [-0.05, 0) is 17.7 Å². The largest absolute Gasteiger partial charge is 0.433 e. The number of benzene rings is 1. The van der Waals surface area contributed by atoms with Crippen LogP contribution in [0.2, 0.25) is 0 Å². The molecule has 104 valence electrons. The summed E-state index contributed by atoms with van der Waals surface area (Å²) in [6.45, 7) is 0. The van der Waals surface area contributed by atoms with Crippen molar-refractivity contribution in [2.75, 3.05) is 0 Å². The molecule has 8 heteroatoms. The first-order chi connectivity index (χ1) is 10.0. The zero-order valence-electron chi connectivity index (χ0n) is 10.4. The molecule has 0 fully saturated rings. The van der Waals surface area contributed by atoms with Crippen LogP contribution in [0.5, 0.6) is 0 Å². The topological polar surface area (TPSA) is 123 Å². The zero-order chi connectivity index (χ0) is 15.4. The Morgan fingerprint density at radius 3 is 2.52 bits per heavy atom. The number of nitrogens with zero attached hydrogens (tertiary/aromatic N) is 3. The van der Waals surface area contributed by atoms with E-state index in [4.69, 9.17) is 9.68 Å². The van der Waals surface area contributed by atoms with Crippen molar-refractivity contribution >= 4 is 23.2 Å². The van der Waals surface area contributed by atoms with Crippen LogP contribution in [0.3, 0.4) is 0 Å². The van der Waals surface area contributed by atoms with E-state index in [9.17, 15) is 20.2 Å². The summed E-state index contributed by atoms with van der Waals surface area (Å²) >= 11 is 0. The molecule has 0 spiro atoms. The minimum atomic E-state index is -0.698. The fourth-order valence-corrected chi connectivity index (χ4v) is 1.63. The molecule has 0 N–H and O–H groups in total. The fraction of sp³-hybridized carbons (Fsp3) is 0. The van der Waals surface area contributed by atoms with Crippen LogP contribution < -0.4 is 0 Å². The fourth-order valence-electron chi connectivity index (χ4n) is 1.63. The number of hydrogen-bond donors (Lipinski definition) is 0. The van der Waals surface area contributed by atoms with Crippen molar-refractivity contribution in [1.82, 2.24) is 0 Å². The summed E-state index contributed by atoms with van der Waals surface area (Å²) in [6, 6.07) is 9.90. The molecular weight excluding hydrogens is 278 g/mol. The van der Waals surface area contributed by atoms with E-state index in [2.05, 4.69) is 0 Å². The Bertz CT molecular complexity index is 785. The molecule has 21 heavy (non-hydrogen) atoms. The van der Waals surface area contributed by atoms with Crippen molar-refractivity contribution in [1.29, 1.82) is 5.26 Å². The molecule has 0 amide bonds. The third-order valence-electron chi connectivity index (χ3n) is 2.57. The lowest BCUT2D eigenvalue weighted by Gasteiger charge is -1.98. The second-order valence-electron chi connectivity index (χ2n) is 3.91. The van der Waals surface area contributed by atoms with Gasteiger partial charge in [0.2, 0.25) is 0 Å². The molecule has 0 unspecified atom stereocenters. The maximum Gasteiger partial charge on any atom is 0.433 e. The van der Waals surface area contributed by atoms with Gasteiger partial charge in [0.25, 0.3) is 5.69 Å². The van der Waals surface area contributed by atoms with Crippen molar-refractivity contribution < 1.29 is 14.3 Å². The number of hydrogen-bond acceptors (Lipinski definition) is 6. The van der Waals surface area contributed by atoms with Gasteiger partial charge in [0.05, 0.1) is 22.6 Å². The van der Waals surface area contributed by atoms with Gasteiger partial charge in [0.15, 0.2) is 0 Å². The number of non-ortho nitro benzene ring substituents is 1. The molecule has 1 aromatic carbocycles. The van der Waals surface area contributed by atoms with Crippen LogP contribution >= 0.6 is 0 Å². The van der Waals surface area contributed by atoms with E-state index >= 15 is 0 Å². The highest BCUT2D eigenvalue weighted by Crippen LogP contribution is 2.24. The number of furan rings is 1. The van der Waals surface area contributed by atoms with Crippen LogP contribution in [0, 0.1) is 31.6 Å². The first kappa shape index (κ1) is 14.0. The predicted octanol–water partition coefficient (Wildman–Crippen LogP) is 3.16. The van der Waals surface area contributed by atoms with Gasteiger partial charge in [0, 0.05) is 12.1 Å². The number of rotatable bonds is 4. The highest BCUT2D eigenvalue weighted by molar-refractivity contribution is 5.89. The minimum absolute atomic E-state index is 0.1000. The number of nitro benzene ring substituents is 1. The molecule has 2 aromatic rings. The first-order valence-electron chi connectivity index (χ1n) is 5.62. The molecular formula is C13H7N3O5. The average molecular weight is 285 g/mol. The van der Waals surface area contributed by atoms with Crippen molar-refractivity contribution in [3.63, 3.8) is 0 Å². The standard InChI is InChI=1S/C13H7N3O5/c14-8-10(7-12-4-5-13(21-12)16(19)20)9-2-1-3-11(6-9)15(17)18/h1-7H/b10-7-. The Balaban J connectivity index is 2.41. The van der Waals surface area contributed by atoms with Crippen molar-refractivity contribution in [2.45, 2.75) is 0 Å². The molecule has 2 rings (SSSR count). The maximum absolute atomic E-state index is 10.7. The summed E-state index contributed by atoms with van der Waals surface area (Å²) in [5.41, 5.74) is 0.271. The Morgan fingerprint density at radius 2 is 1.95 bits per heavy atom. The summed E-state index contributed by atoms with van der Waals surface area (Å²) < 4.78 is 4.92. The average Bonchev–Trinajstić information content (AvgIpc) is 2.93. The van der Waals surface area contributed by atoms with Crippen LogP contribution in [-0.4, -0.2) is 9.85 Å². The highest BCUT2D eigenvalue weighted by Gasteiger charge is 2.13. The molecule has 0 atom stereocenters. The van der Waals surface area contributed by atoms with Crippen molar-refractivity contribution in [2.24, 2.45) is 0 Å². The lowest BCUT2D eigenvalue weighted by Crippen LogP contribution is -1.89. The van der Waals surface area contributed by atoms with E-state index in [0.29, 0.717) is 5.56 Å². The Hall–Kier alpha value is -3.47. The summed E-state index contributed by atoms with van der Waals surface area (Å²) in [5.74, 6) is -0.331. The van der Waals surface area contributed by atoms with E-state index in [0.717, 1.165) is 6.07 Å². The van der Waals surface area contributed by atoms with Crippen molar-refractivity contribution in [3.05, 3.63) is 68.0 Å². The van der Waals surface area contributed by atoms with E-state index in [-0.39, 0.29) is 17.0 Å². The van der Waals surface area contributed by atoms with Gasteiger partial charge in [-0.2, -0.15) is 5.26 Å². The van der Waals surface area contributed by atoms with Gasteiger partial charge in [0.1, 0.15) is 10.7 Å². The predicted molar refractivity (Wildman–Crippen MR) is 71.9 cm³/mol. The molecule has 1 aromatic heterocycles. The first-order valence-corrected chi connectivity index (χ1v) is 5.62. The number of nitro groups is 2. The maximum atomic E-state index is 10.7. The van der Waals surface area contributed by atoms with Gasteiger partial charge in [-0.25, -0.2) is 0 Å². The zero-order valence-corrected chi connectivity index (χ0v) is 10.4. The second kappa shape index (κ2) is 5.66. The van der Waals surface area contributed by atoms with Gasteiger partial charge in [-0.15, -0.1) is 0 Å². The highest BCUT2D eigenvalue weighted by atomic mass is 16.6. The van der Waals surface area contributed by atoms with Gasteiger partial charge >= 0.3 is 5.88 Å². The quantitative estimate of drug-likeness (QED) is 0.482. The molecule has 0 radical (unpaired) electrons. The van der Waals surface area contributed by atoms with Gasteiger partial charge in [-0.1, -0.05) is 12.1 Å².